The number of amides is 1. The van der Waals surface area contributed by atoms with Crippen molar-refractivity contribution in [2.75, 3.05) is 0 Å². The quantitative estimate of drug-likeness (QED) is 0.673. The molecule has 3 heterocycles. The van der Waals surface area contributed by atoms with Crippen molar-refractivity contribution < 1.29 is 14.7 Å². The van der Waals surface area contributed by atoms with Gasteiger partial charge in [0.15, 0.2) is 11.6 Å². The van der Waals surface area contributed by atoms with E-state index < -0.39 is 0 Å². The van der Waals surface area contributed by atoms with Gasteiger partial charge in [-0.15, -0.1) is 10.2 Å². The number of nitrogens with zero attached hydrogens (tertiary/aromatic N) is 7. The summed E-state index contributed by atoms with van der Waals surface area (Å²) < 4.78 is 3.58. The summed E-state index contributed by atoms with van der Waals surface area (Å²) in [6, 6.07) is 9.64. The van der Waals surface area contributed by atoms with Crippen LogP contribution < -0.4 is 0 Å². The molecule has 0 saturated carbocycles. The minimum absolute atomic E-state index is 0.0750. The molecule has 1 aromatic carbocycles. The third-order valence-electron chi connectivity index (χ3n) is 4.21. The normalized spacial score (nSPS) is 15.7. The van der Waals surface area contributed by atoms with Gasteiger partial charge < -0.3 is 10.0 Å². The van der Waals surface area contributed by atoms with Gasteiger partial charge >= 0.3 is 0 Å². The van der Waals surface area contributed by atoms with E-state index in [-0.39, 0.29) is 18.4 Å². The van der Waals surface area contributed by atoms with Crippen LogP contribution in [0.5, 0.6) is 0 Å². The molecule has 0 spiro atoms. The molecule has 4 rings (SSSR count). The van der Waals surface area contributed by atoms with Gasteiger partial charge in [-0.05, 0) is 12.5 Å². The highest BCUT2D eigenvalue weighted by Crippen LogP contribution is 2.24. The molecular formula is C17H19N7O3. The molecule has 0 aliphatic carbocycles. The molecule has 0 unspecified atom stereocenters. The number of fused-ring (bicyclic) bond motifs is 1. The number of aromatic nitrogens is 6. The summed E-state index contributed by atoms with van der Waals surface area (Å²) in [5, 5.41) is 19.5. The number of hydrogen-bond donors (Lipinski definition) is 1. The zero-order valence-electron chi connectivity index (χ0n) is 14.7. The van der Waals surface area contributed by atoms with Crippen LogP contribution in [0.25, 0.3) is 0 Å². The van der Waals surface area contributed by atoms with Gasteiger partial charge in [-0.2, -0.15) is 5.10 Å². The van der Waals surface area contributed by atoms with Gasteiger partial charge in [0.05, 0.1) is 6.54 Å². The van der Waals surface area contributed by atoms with Crippen molar-refractivity contribution in [1.82, 2.24) is 34.4 Å². The molecule has 0 fully saturated rings. The molecule has 1 amide bonds. The topological polar surface area (TPSA) is 119 Å². The molecule has 2 aromatic heterocycles. The van der Waals surface area contributed by atoms with Crippen LogP contribution in [0.3, 0.4) is 0 Å². The molecule has 0 radical (unpaired) electrons. The number of carbonyl (C=O) groups is 2. The van der Waals surface area contributed by atoms with Crippen LogP contribution in [0, 0.1) is 0 Å². The minimum Gasteiger partial charge on any atom is -0.483 e. The van der Waals surface area contributed by atoms with Crippen molar-refractivity contribution in [3.63, 3.8) is 0 Å². The summed E-state index contributed by atoms with van der Waals surface area (Å²) in [7, 11) is 0. The molecule has 1 atom stereocenters. The van der Waals surface area contributed by atoms with Crippen LogP contribution >= 0.6 is 0 Å². The SMILES string of the molecule is C[C@@H]1C(=O)N(Cc2ccccc2)Cc2nnc(Cn3cncn3)n21.O=CO. The van der Waals surface area contributed by atoms with Crippen molar-refractivity contribution in [2.24, 2.45) is 0 Å². The average molecular weight is 369 g/mol. The summed E-state index contributed by atoms with van der Waals surface area (Å²) in [5.74, 6) is 1.59. The van der Waals surface area contributed by atoms with E-state index in [1.807, 2.05) is 46.7 Å². The molecule has 10 nitrogen and oxygen atoms in total. The van der Waals surface area contributed by atoms with Gasteiger partial charge in [0, 0.05) is 6.54 Å². The largest absolute Gasteiger partial charge is 0.483 e. The Morgan fingerprint density at radius 2 is 1.96 bits per heavy atom. The van der Waals surface area contributed by atoms with Crippen molar-refractivity contribution in [2.45, 2.75) is 32.6 Å². The lowest BCUT2D eigenvalue weighted by atomic mass is 10.1. The predicted octanol–water partition coefficient (Wildman–Crippen LogP) is 0.722. The van der Waals surface area contributed by atoms with Crippen LogP contribution in [-0.4, -0.2) is 51.9 Å². The standard InChI is InChI=1S/C16H17N7O.CH2O2/c1-12-16(24)21(7-13-5-3-2-4-6-13)8-14-19-20-15(23(12)14)9-22-11-17-10-18-22;2-1-3/h2-6,10-12H,7-9H2,1H3;1H,(H,2,3)/t12-;/m1./s1. The van der Waals surface area contributed by atoms with Gasteiger partial charge in [0.1, 0.15) is 25.2 Å². The molecule has 1 aliphatic heterocycles. The number of hydrogen-bond acceptors (Lipinski definition) is 6. The van der Waals surface area contributed by atoms with Crippen molar-refractivity contribution >= 4 is 12.4 Å². The fourth-order valence-corrected chi connectivity index (χ4v) is 3.04. The van der Waals surface area contributed by atoms with E-state index in [0.717, 1.165) is 17.2 Å². The Labute approximate surface area is 155 Å². The molecule has 140 valence electrons. The second-order valence-corrected chi connectivity index (χ2v) is 5.96. The van der Waals surface area contributed by atoms with E-state index in [4.69, 9.17) is 9.90 Å². The van der Waals surface area contributed by atoms with E-state index in [2.05, 4.69) is 20.3 Å². The number of rotatable bonds is 4. The van der Waals surface area contributed by atoms with Crippen LogP contribution in [0.2, 0.25) is 0 Å². The molecular weight excluding hydrogens is 350 g/mol. The fraction of sp³-hybridized carbons (Fsp3) is 0.294. The average Bonchev–Trinajstić information content (AvgIpc) is 3.32. The monoisotopic (exact) mass is 369 g/mol. The van der Waals surface area contributed by atoms with Gasteiger partial charge in [-0.25, -0.2) is 9.67 Å². The Bertz CT molecular complexity index is 893. The lowest BCUT2D eigenvalue weighted by molar-refractivity contribution is -0.137. The summed E-state index contributed by atoms with van der Waals surface area (Å²) in [5.41, 5.74) is 1.11. The Morgan fingerprint density at radius 1 is 1.22 bits per heavy atom. The molecule has 0 saturated heterocycles. The number of carboxylic acid groups (broad SMARTS) is 1. The first-order chi connectivity index (χ1) is 13.1. The van der Waals surface area contributed by atoms with E-state index in [9.17, 15) is 4.79 Å². The van der Waals surface area contributed by atoms with Crippen LogP contribution in [0.1, 0.15) is 30.2 Å². The third-order valence-corrected chi connectivity index (χ3v) is 4.21. The van der Waals surface area contributed by atoms with E-state index in [0.29, 0.717) is 19.6 Å². The fourth-order valence-electron chi connectivity index (χ4n) is 3.04. The van der Waals surface area contributed by atoms with Crippen LogP contribution in [0.15, 0.2) is 43.0 Å². The van der Waals surface area contributed by atoms with Gasteiger partial charge in [0.2, 0.25) is 5.91 Å². The minimum atomic E-state index is -0.328. The first kappa shape index (κ1) is 18.2. The highest BCUT2D eigenvalue weighted by Gasteiger charge is 2.33. The molecule has 3 aromatic rings. The van der Waals surface area contributed by atoms with E-state index >= 15 is 0 Å². The maximum Gasteiger partial charge on any atom is 0.290 e. The first-order valence-electron chi connectivity index (χ1n) is 8.29. The third kappa shape index (κ3) is 4.00. The Morgan fingerprint density at radius 3 is 2.63 bits per heavy atom. The smallest absolute Gasteiger partial charge is 0.290 e. The summed E-state index contributed by atoms with van der Waals surface area (Å²) >= 11 is 0. The van der Waals surface area contributed by atoms with Gasteiger partial charge in [0.25, 0.3) is 6.47 Å². The molecule has 0 bridgehead atoms. The van der Waals surface area contributed by atoms with Crippen molar-refractivity contribution in [3.05, 3.63) is 60.2 Å². The van der Waals surface area contributed by atoms with E-state index in [1.165, 1.54) is 6.33 Å². The Balaban J connectivity index is 0.000000659. The maximum absolute atomic E-state index is 12.8. The van der Waals surface area contributed by atoms with E-state index in [1.54, 1.807) is 11.0 Å². The Hall–Kier alpha value is -3.56. The van der Waals surface area contributed by atoms with Crippen LogP contribution in [0.4, 0.5) is 0 Å². The lowest BCUT2D eigenvalue weighted by Gasteiger charge is -2.32. The van der Waals surface area contributed by atoms with Crippen LogP contribution in [-0.2, 0) is 29.2 Å². The molecule has 10 heteroatoms. The molecule has 1 N–H and O–H groups in total. The highest BCUT2D eigenvalue weighted by molar-refractivity contribution is 5.81. The number of benzene rings is 1. The Kier molecular flexibility index (Phi) is 5.55. The highest BCUT2D eigenvalue weighted by atomic mass is 16.3. The lowest BCUT2D eigenvalue weighted by Crippen LogP contribution is -2.41. The zero-order chi connectivity index (χ0) is 19.2. The zero-order valence-corrected chi connectivity index (χ0v) is 14.7. The maximum atomic E-state index is 12.8. The summed E-state index contributed by atoms with van der Waals surface area (Å²) in [4.78, 5) is 26.9. The van der Waals surface area contributed by atoms with Gasteiger partial charge in [-0.1, -0.05) is 30.3 Å². The van der Waals surface area contributed by atoms with Gasteiger partial charge in [-0.3, -0.25) is 14.2 Å². The predicted molar refractivity (Wildman–Crippen MR) is 93.2 cm³/mol. The number of carbonyl (C=O) groups excluding carboxylic acids is 1. The summed E-state index contributed by atoms with van der Waals surface area (Å²) in [6.07, 6.45) is 3.10. The second-order valence-electron chi connectivity index (χ2n) is 5.96. The molecule has 1 aliphatic rings. The molecule has 27 heavy (non-hydrogen) atoms. The first-order valence-corrected chi connectivity index (χ1v) is 8.29. The van der Waals surface area contributed by atoms with Crippen molar-refractivity contribution in [3.8, 4) is 0 Å². The second kappa shape index (κ2) is 8.21. The summed E-state index contributed by atoms with van der Waals surface area (Å²) in [6.45, 7) is 3.12. The van der Waals surface area contributed by atoms with Crippen molar-refractivity contribution in [1.29, 1.82) is 0 Å².